The van der Waals surface area contributed by atoms with Gasteiger partial charge >= 0.3 is 6.09 Å². The van der Waals surface area contributed by atoms with Crippen molar-refractivity contribution in [1.82, 2.24) is 5.48 Å². The topological polar surface area (TPSA) is 50.4 Å². The fourth-order valence-corrected chi connectivity index (χ4v) is 1.50. The van der Waals surface area contributed by atoms with E-state index in [0.29, 0.717) is 0 Å². The van der Waals surface area contributed by atoms with Crippen molar-refractivity contribution in [3.63, 3.8) is 0 Å². The lowest BCUT2D eigenvalue weighted by Crippen LogP contribution is -2.32. The van der Waals surface area contributed by atoms with Gasteiger partial charge in [-0.3, -0.25) is 5.32 Å². The summed E-state index contributed by atoms with van der Waals surface area (Å²) in [7, 11) is 0. The number of rotatable bonds is 6. The molecule has 0 fully saturated rings. The van der Waals surface area contributed by atoms with Crippen LogP contribution in [0, 0.1) is 0 Å². The number of anilines is 1. The molecule has 1 atom stereocenters. The molecule has 4 nitrogen and oxygen atoms in total. The van der Waals surface area contributed by atoms with E-state index >= 15 is 0 Å². The van der Waals surface area contributed by atoms with Gasteiger partial charge in [0.1, 0.15) is 0 Å². The molecule has 1 aromatic rings. The fourth-order valence-electron chi connectivity index (χ4n) is 1.50. The van der Waals surface area contributed by atoms with Crippen molar-refractivity contribution < 1.29 is 9.63 Å². The molecule has 0 heterocycles. The van der Waals surface area contributed by atoms with Gasteiger partial charge in [0.15, 0.2) is 0 Å². The van der Waals surface area contributed by atoms with E-state index in [0.717, 1.165) is 24.9 Å². The highest BCUT2D eigenvalue weighted by Crippen LogP contribution is 2.05. The first kappa shape index (κ1) is 13.5. The standard InChI is InChI=1S/C13H20N2O2/c1-3-8-11(4-2)15-17-13(16)14-12-9-6-5-7-10-12/h5-7,9-11,15H,3-4,8H2,1-2H3,(H,14,16). The van der Waals surface area contributed by atoms with Gasteiger partial charge < -0.3 is 4.84 Å². The molecule has 1 rings (SSSR count). The summed E-state index contributed by atoms with van der Waals surface area (Å²) in [6.07, 6.45) is 2.52. The normalized spacial score (nSPS) is 11.9. The Kier molecular flexibility index (Phi) is 6.10. The molecule has 4 heteroatoms. The van der Waals surface area contributed by atoms with Crippen LogP contribution in [-0.2, 0) is 4.84 Å². The number of carbonyl (C=O) groups is 1. The zero-order valence-electron chi connectivity index (χ0n) is 10.4. The molecule has 0 spiro atoms. The summed E-state index contributed by atoms with van der Waals surface area (Å²) in [4.78, 5) is 16.4. The first-order valence-corrected chi connectivity index (χ1v) is 6.04. The van der Waals surface area contributed by atoms with Crippen LogP contribution in [0.15, 0.2) is 30.3 Å². The van der Waals surface area contributed by atoms with Crippen molar-refractivity contribution in [2.45, 2.75) is 39.2 Å². The first-order chi connectivity index (χ1) is 8.26. The third-order valence-corrected chi connectivity index (χ3v) is 2.47. The lowest BCUT2D eigenvalue weighted by molar-refractivity contribution is 0.0762. The van der Waals surface area contributed by atoms with E-state index in [1.54, 1.807) is 0 Å². The van der Waals surface area contributed by atoms with Crippen molar-refractivity contribution in [3.05, 3.63) is 30.3 Å². The quantitative estimate of drug-likeness (QED) is 0.745. The number of hydrogen-bond acceptors (Lipinski definition) is 3. The highest BCUT2D eigenvalue weighted by molar-refractivity contribution is 5.84. The van der Waals surface area contributed by atoms with E-state index in [1.807, 2.05) is 30.3 Å². The Morgan fingerprint density at radius 1 is 1.29 bits per heavy atom. The maximum Gasteiger partial charge on any atom is 0.430 e. The fraction of sp³-hybridized carbons (Fsp3) is 0.462. The minimum atomic E-state index is -0.481. The van der Waals surface area contributed by atoms with E-state index in [2.05, 4.69) is 24.6 Å². The zero-order chi connectivity index (χ0) is 12.5. The number of hydroxylamine groups is 1. The zero-order valence-corrected chi connectivity index (χ0v) is 10.4. The van der Waals surface area contributed by atoms with Crippen molar-refractivity contribution in [3.8, 4) is 0 Å². The molecule has 94 valence electrons. The third kappa shape index (κ3) is 5.36. The largest absolute Gasteiger partial charge is 0.430 e. The SMILES string of the molecule is CCCC(CC)NOC(=O)Nc1ccccc1. The summed E-state index contributed by atoms with van der Waals surface area (Å²) < 4.78 is 0. The maximum atomic E-state index is 11.4. The predicted octanol–water partition coefficient (Wildman–Crippen LogP) is 3.32. The van der Waals surface area contributed by atoms with Crippen LogP contribution in [-0.4, -0.2) is 12.1 Å². The minimum absolute atomic E-state index is 0.224. The Balaban J connectivity index is 2.30. The molecule has 0 saturated heterocycles. The van der Waals surface area contributed by atoms with Crippen molar-refractivity contribution in [2.75, 3.05) is 5.32 Å². The van der Waals surface area contributed by atoms with Crippen molar-refractivity contribution in [2.24, 2.45) is 0 Å². The summed E-state index contributed by atoms with van der Waals surface area (Å²) >= 11 is 0. The predicted molar refractivity (Wildman–Crippen MR) is 68.7 cm³/mol. The van der Waals surface area contributed by atoms with Gasteiger partial charge in [0.2, 0.25) is 0 Å². The molecule has 0 aliphatic heterocycles. The molecule has 2 N–H and O–H groups in total. The molecule has 1 amide bonds. The molecule has 0 saturated carbocycles. The van der Waals surface area contributed by atoms with Crippen LogP contribution in [0.4, 0.5) is 10.5 Å². The molecule has 0 bridgehead atoms. The van der Waals surface area contributed by atoms with Crippen LogP contribution in [0.1, 0.15) is 33.1 Å². The third-order valence-electron chi connectivity index (χ3n) is 2.47. The van der Waals surface area contributed by atoms with Gasteiger partial charge in [-0.05, 0) is 25.0 Å². The molecule has 17 heavy (non-hydrogen) atoms. The van der Waals surface area contributed by atoms with E-state index in [9.17, 15) is 4.79 Å². The van der Waals surface area contributed by atoms with Gasteiger partial charge in [-0.2, -0.15) is 0 Å². The summed E-state index contributed by atoms with van der Waals surface area (Å²) in [5, 5.41) is 2.64. The first-order valence-electron chi connectivity index (χ1n) is 6.04. The average Bonchev–Trinajstić information content (AvgIpc) is 2.35. The number of amides is 1. The van der Waals surface area contributed by atoms with Gasteiger partial charge in [0.05, 0.1) is 0 Å². The van der Waals surface area contributed by atoms with E-state index in [4.69, 9.17) is 4.84 Å². The van der Waals surface area contributed by atoms with Gasteiger partial charge in [-0.1, -0.05) is 38.5 Å². The van der Waals surface area contributed by atoms with Gasteiger partial charge in [-0.25, -0.2) is 4.79 Å². The lowest BCUT2D eigenvalue weighted by Gasteiger charge is -2.15. The summed E-state index contributed by atoms with van der Waals surface area (Å²) in [6, 6.07) is 9.45. The Morgan fingerprint density at radius 3 is 2.59 bits per heavy atom. The molecule has 1 unspecified atom stereocenters. The van der Waals surface area contributed by atoms with Crippen LogP contribution < -0.4 is 10.8 Å². The Hall–Kier alpha value is -1.55. The summed E-state index contributed by atoms with van der Waals surface area (Å²) in [6.45, 7) is 4.17. The lowest BCUT2D eigenvalue weighted by atomic mass is 10.1. The Morgan fingerprint density at radius 2 is 2.00 bits per heavy atom. The van der Waals surface area contributed by atoms with E-state index < -0.39 is 6.09 Å². The number of nitrogens with one attached hydrogen (secondary N) is 2. The minimum Gasteiger partial charge on any atom is -0.353 e. The van der Waals surface area contributed by atoms with Crippen LogP contribution in [0.3, 0.4) is 0 Å². The van der Waals surface area contributed by atoms with Gasteiger partial charge in [-0.15, -0.1) is 5.48 Å². The number of benzene rings is 1. The summed E-state index contributed by atoms with van der Waals surface area (Å²) in [5.74, 6) is 0. The second-order valence-corrected chi connectivity index (χ2v) is 3.89. The monoisotopic (exact) mass is 236 g/mol. The van der Waals surface area contributed by atoms with Crippen molar-refractivity contribution in [1.29, 1.82) is 0 Å². The Labute approximate surface area is 102 Å². The molecule has 1 aromatic carbocycles. The van der Waals surface area contributed by atoms with E-state index in [-0.39, 0.29) is 6.04 Å². The molecular weight excluding hydrogens is 216 g/mol. The van der Waals surface area contributed by atoms with Crippen molar-refractivity contribution >= 4 is 11.8 Å². The average molecular weight is 236 g/mol. The number of para-hydroxylation sites is 1. The number of hydrogen-bond donors (Lipinski definition) is 2. The number of carbonyl (C=O) groups excluding carboxylic acids is 1. The van der Waals surface area contributed by atoms with Gasteiger partial charge in [0, 0.05) is 11.7 Å². The van der Waals surface area contributed by atoms with E-state index in [1.165, 1.54) is 0 Å². The molecule has 0 aromatic heterocycles. The highest BCUT2D eigenvalue weighted by atomic mass is 16.7. The summed E-state index contributed by atoms with van der Waals surface area (Å²) in [5.41, 5.74) is 3.50. The molecular formula is C13H20N2O2. The maximum absolute atomic E-state index is 11.4. The van der Waals surface area contributed by atoms with Crippen LogP contribution in [0.5, 0.6) is 0 Å². The highest BCUT2D eigenvalue weighted by Gasteiger charge is 2.08. The Bertz CT molecular complexity index is 327. The van der Waals surface area contributed by atoms with Crippen LogP contribution >= 0.6 is 0 Å². The van der Waals surface area contributed by atoms with Gasteiger partial charge in [0.25, 0.3) is 0 Å². The molecule has 0 radical (unpaired) electrons. The smallest absolute Gasteiger partial charge is 0.353 e. The van der Waals surface area contributed by atoms with Crippen LogP contribution in [0.25, 0.3) is 0 Å². The van der Waals surface area contributed by atoms with Crippen LogP contribution in [0.2, 0.25) is 0 Å². The molecule has 0 aliphatic rings. The second-order valence-electron chi connectivity index (χ2n) is 3.89. The second kappa shape index (κ2) is 7.68. The molecule has 0 aliphatic carbocycles.